The lowest BCUT2D eigenvalue weighted by atomic mass is 10.1. The fourth-order valence-electron chi connectivity index (χ4n) is 1.88. The molecule has 3 heteroatoms. The van der Waals surface area contributed by atoms with E-state index in [4.69, 9.17) is 0 Å². The van der Waals surface area contributed by atoms with Crippen LogP contribution in [-0.2, 0) is 11.2 Å². The van der Waals surface area contributed by atoms with Crippen molar-refractivity contribution in [1.29, 1.82) is 0 Å². The molecule has 0 spiro atoms. The molecule has 0 atom stereocenters. The Bertz CT molecular complexity index is 504. The predicted molar refractivity (Wildman–Crippen MR) is 73.7 cm³/mol. The monoisotopic (exact) mass is 247 g/mol. The van der Waals surface area contributed by atoms with Crippen molar-refractivity contribution in [1.82, 2.24) is 5.32 Å². The lowest BCUT2D eigenvalue weighted by Gasteiger charge is -2.01. The first-order chi connectivity index (χ1) is 8.31. The number of rotatable bonds is 6. The van der Waals surface area contributed by atoms with Crippen LogP contribution < -0.4 is 5.32 Å². The molecule has 17 heavy (non-hydrogen) atoms. The van der Waals surface area contributed by atoms with E-state index in [2.05, 4.69) is 29.8 Å². The van der Waals surface area contributed by atoms with Crippen LogP contribution in [0.2, 0.25) is 0 Å². The summed E-state index contributed by atoms with van der Waals surface area (Å²) in [6.45, 7) is 3.77. The Labute approximate surface area is 106 Å². The zero-order chi connectivity index (χ0) is 12.1. The second-order valence-corrected chi connectivity index (χ2v) is 4.99. The van der Waals surface area contributed by atoms with E-state index in [1.165, 1.54) is 15.6 Å². The van der Waals surface area contributed by atoms with Gasteiger partial charge in [-0.2, -0.15) is 0 Å². The fraction of sp³-hybridized carbons (Fsp3) is 0.357. The molecular formula is C14H17NOS. The fourth-order valence-corrected chi connectivity index (χ4v) is 2.84. The lowest BCUT2D eigenvalue weighted by molar-refractivity contribution is -0.118. The van der Waals surface area contributed by atoms with Crippen LogP contribution in [0.4, 0.5) is 0 Å². The standard InChI is InChI=1S/C14H17NOS/c1-2-15-8-7-12(16)9-11-10-17-14-6-4-3-5-13(11)14/h3-6,10,15H,2,7-9H2,1H3. The Morgan fingerprint density at radius 1 is 1.35 bits per heavy atom. The second-order valence-electron chi connectivity index (χ2n) is 4.08. The number of nitrogens with one attached hydrogen (secondary N) is 1. The normalized spacial score (nSPS) is 10.9. The van der Waals surface area contributed by atoms with E-state index in [0.29, 0.717) is 18.6 Å². The van der Waals surface area contributed by atoms with Gasteiger partial charge < -0.3 is 5.32 Å². The smallest absolute Gasteiger partial charge is 0.138 e. The molecule has 0 aliphatic carbocycles. The van der Waals surface area contributed by atoms with Crippen LogP contribution in [0.5, 0.6) is 0 Å². The Morgan fingerprint density at radius 2 is 2.18 bits per heavy atom. The van der Waals surface area contributed by atoms with Gasteiger partial charge in [-0.05, 0) is 28.9 Å². The zero-order valence-corrected chi connectivity index (χ0v) is 10.8. The van der Waals surface area contributed by atoms with Crippen LogP contribution in [0.15, 0.2) is 29.6 Å². The maximum absolute atomic E-state index is 11.8. The minimum absolute atomic E-state index is 0.314. The molecule has 0 saturated carbocycles. The number of carbonyl (C=O) groups is 1. The van der Waals surface area contributed by atoms with E-state index in [-0.39, 0.29) is 0 Å². The lowest BCUT2D eigenvalue weighted by Crippen LogP contribution is -2.18. The molecule has 2 rings (SSSR count). The van der Waals surface area contributed by atoms with Gasteiger partial charge in [0, 0.05) is 24.1 Å². The van der Waals surface area contributed by atoms with Gasteiger partial charge in [-0.1, -0.05) is 25.1 Å². The zero-order valence-electron chi connectivity index (χ0n) is 10.0. The molecule has 0 fully saturated rings. The predicted octanol–water partition coefficient (Wildman–Crippen LogP) is 3.01. The number of benzene rings is 1. The Balaban J connectivity index is 2.01. The minimum atomic E-state index is 0.314. The number of hydrogen-bond donors (Lipinski definition) is 1. The molecule has 0 aliphatic rings. The topological polar surface area (TPSA) is 29.1 Å². The largest absolute Gasteiger partial charge is 0.317 e. The highest BCUT2D eigenvalue weighted by molar-refractivity contribution is 7.17. The summed E-state index contributed by atoms with van der Waals surface area (Å²) in [7, 11) is 0. The Morgan fingerprint density at radius 3 is 3.00 bits per heavy atom. The second kappa shape index (κ2) is 5.94. The number of carbonyl (C=O) groups excluding carboxylic acids is 1. The van der Waals surface area contributed by atoms with Gasteiger partial charge in [0.25, 0.3) is 0 Å². The van der Waals surface area contributed by atoms with Crippen molar-refractivity contribution in [3.05, 3.63) is 35.2 Å². The molecule has 0 saturated heterocycles. The van der Waals surface area contributed by atoms with E-state index < -0.39 is 0 Å². The summed E-state index contributed by atoms with van der Waals surface area (Å²) in [6.07, 6.45) is 1.19. The quantitative estimate of drug-likeness (QED) is 0.795. The highest BCUT2D eigenvalue weighted by Gasteiger charge is 2.08. The van der Waals surface area contributed by atoms with Crippen LogP contribution in [0.3, 0.4) is 0 Å². The average molecular weight is 247 g/mol. The van der Waals surface area contributed by atoms with E-state index in [1.54, 1.807) is 11.3 Å². The summed E-state index contributed by atoms with van der Waals surface area (Å²) in [5, 5.41) is 6.52. The molecule has 0 aliphatic heterocycles. The molecule has 2 nitrogen and oxygen atoms in total. The third kappa shape index (κ3) is 3.14. The molecule has 2 aromatic rings. The number of Topliss-reactive ketones (excluding diaryl/α,β-unsaturated/α-hetero) is 1. The van der Waals surface area contributed by atoms with Gasteiger partial charge in [0.1, 0.15) is 5.78 Å². The molecule has 1 aromatic heterocycles. The van der Waals surface area contributed by atoms with Crippen molar-refractivity contribution in [3.63, 3.8) is 0 Å². The highest BCUT2D eigenvalue weighted by atomic mass is 32.1. The first-order valence-corrected chi connectivity index (χ1v) is 6.86. The average Bonchev–Trinajstić information content (AvgIpc) is 2.73. The van der Waals surface area contributed by atoms with Crippen molar-refractivity contribution < 1.29 is 4.79 Å². The van der Waals surface area contributed by atoms with Crippen molar-refractivity contribution in [2.75, 3.05) is 13.1 Å². The number of thiophene rings is 1. The van der Waals surface area contributed by atoms with Gasteiger partial charge in [-0.25, -0.2) is 0 Å². The third-order valence-corrected chi connectivity index (χ3v) is 3.79. The van der Waals surface area contributed by atoms with Gasteiger partial charge in [0.2, 0.25) is 0 Å². The van der Waals surface area contributed by atoms with E-state index in [0.717, 1.165) is 13.1 Å². The van der Waals surface area contributed by atoms with E-state index in [1.807, 2.05) is 12.1 Å². The van der Waals surface area contributed by atoms with Crippen LogP contribution in [-0.4, -0.2) is 18.9 Å². The third-order valence-electron chi connectivity index (χ3n) is 2.78. The van der Waals surface area contributed by atoms with Gasteiger partial charge in [-0.15, -0.1) is 11.3 Å². The van der Waals surface area contributed by atoms with Crippen molar-refractivity contribution in [2.24, 2.45) is 0 Å². The van der Waals surface area contributed by atoms with Crippen molar-refractivity contribution in [2.45, 2.75) is 19.8 Å². The summed E-state index contributed by atoms with van der Waals surface area (Å²) >= 11 is 1.72. The number of hydrogen-bond acceptors (Lipinski definition) is 3. The molecule has 90 valence electrons. The van der Waals surface area contributed by atoms with Gasteiger partial charge in [-0.3, -0.25) is 4.79 Å². The van der Waals surface area contributed by atoms with E-state index in [9.17, 15) is 4.79 Å². The van der Waals surface area contributed by atoms with Crippen LogP contribution >= 0.6 is 11.3 Å². The molecule has 0 radical (unpaired) electrons. The summed E-state index contributed by atoms with van der Waals surface area (Å²) in [5.74, 6) is 0.314. The van der Waals surface area contributed by atoms with Crippen LogP contribution in [0.25, 0.3) is 10.1 Å². The van der Waals surface area contributed by atoms with E-state index >= 15 is 0 Å². The van der Waals surface area contributed by atoms with Crippen LogP contribution in [0.1, 0.15) is 18.9 Å². The van der Waals surface area contributed by atoms with Crippen molar-refractivity contribution in [3.8, 4) is 0 Å². The van der Waals surface area contributed by atoms with Crippen molar-refractivity contribution >= 4 is 27.2 Å². The molecule has 1 aromatic carbocycles. The number of ketones is 1. The molecular weight excluding hydrogens is 230 g/mol. The highest BCUT2D eigenvalue weighted by Crippen LogP contribution is 2.26. The van der Waals surface area contributed by atoms with Gasteiger partial charge >= 0.3 is 0 Å². The van der Waals surface area contributed by atoms with Crippen LogP contribution in [0, 0.1) is 0 Å². The minimum Gasteiger partial charge on any atom is -0.317 e. The Hall–Kier alpha value is -1.19. The SMILES string of the molecule is CCNCCC(=O)Cc1csc2ccccc12. The summed E-state index contributed by atoms with van der Waals surface area (Å²) in [5.41, 5.74) is 1.17. The Kier molecular flexibility index (Phi) is 4.29. The maximum Gasteiger partial charge on any atom is 0.138 e. The molecule has 1 heterocycles. The first kappa shape index (κ1) is 12.3. The summed E-state index contributed by atoms with van der Waals surface area (Å²) in [6, 6.07) is 8.27. The molecule has 0 unspecified atom stereocenters. The summed E-state index contributed by atoms with van der Waals surface area (Å²) in [4.78, 5) is 11.8. The van der Waals surface area contributed by atoms with Gasteiger partial charge in [0.15, 0.2) is 0 Å². The molecule has 0 amide bonds. The maximum atomic E-state index is 11.8. The number of fused-ring (bicyclic) bond motifs is 1. The molecule has 1 N–H and O–H groups in total. The molecule has 0 bridgehead atoms. The first-order valence-electron chi connectivity index (χ1n) is 5.98. The summed E-state index contributed by atoms with van der Waals surface area (Å²) < 4.78 is 1.27. The van der Waals surface area contributed by atoms with Gasteiger partial charge in [0.05, 0.1) is 0 Å².